The zero-order chi connectivity index (χ0) is 13.9. The van der Waals surface area contributed by atoms with Gasteiger partial charge in [0.25, 0.3) is 0 Å². The highest BCUT2D eigenvalue weighted by Crippen LogP contribution is 2.35. The monoisotopic (exact) mass is 287 g/mol. The molecule has 1 aliphatic heterocycles. The summed E-state index contributed by atoms with van der Waals surface area (Å²) in [6.45, 7) is 0. The number of hydrogen-bond donors (Lipinski definition) is 2. The van der Waals surface area contributed by atoms with Crippen molar-refractivity contribution in [3.8, 4) is 5.75 Å². The molecule has 2 atom stereocenters. The van der Waals surface area contributed by atoms with Gasteiger partial charge in [0.2, 0.25) is 0 Å². The standard InChI is InChI=1S/C15H17N3OS/c16-11-5-6-18-8-10(11)7-12(17)14-9-20-15-4-2-1-3-13(15)19-14/h1-6,8,12,14H,7,9,17H2,(H2,16,18). The molecule has 0 saturated heterocycles. The summed E-state index contributed by atoms with van der Waals surface area (Å²) < 4.78 is 6.00. The minimum Gasteiger partial charge on any atom is -0.487 e. The maximum absolute atomic E-state index is 6.28. The van der Waals surface area contributed by atoms with Crippen molar-refractivity contribution >= 4 is 17.4 Å². The molecule has 0 bridgehead atoms. The number of rotatable bonds is 3. The van der Waals surface area contributed by atoms with Crippen LogP contribution in [0.1, 0.15) is 5.56 Å². The molecular formula is C15H17N3OS. The van der Waals surface area contributed by atoms with E-state index in [-0.39, 0.29) is 12.1 Å². The van der Waals surface area contributed by atoms with E-state index in [0.29, 0.717) is 6.42 Å². The number of para-hydroxylation sites is 1. The Kier molecular flexibility index (Phi) is 3.80. The Morgan fingerprint density at radius 3 is 3.05 bits per heavy atom. The zero-order valence-electron chi connectivity index (χ0n) is 11.0. The fourth-order valence-corrected chi connectivity index (χ4v) is 3.33. The average Bonchev–Trinajstić information content (AvgIpc) is 2.49. The number of anilines is 1. The van der Waals surface area contributed by atoms with Gasteiger partial charge in [0.15, 0.2) is 0 Å². The molecule has 0 spiro atoms. The van der Waals surface area contributed by atoms with E-state index in [1.54, 1.807) is 30.2 Å². The van der Waals surface area contributed by atoms with E-state index in [1.165, 1.54) is 4.90 Å². The second-order valence-corrected chi connectivity index (χ2v) is 5.92. The van der Waals surface area contributed by atoms with Crippen molar-refractivity contribution in [2.24, 2.45) is 5.73 Å². The fourth-order valence-electron chi connectivity index (χ4n) is 2.24. The quantitative estimate of drug-likeness (QED) is 0.904. The van der Waals surface area contributed by atoms with Gasteiger partial charge < -0.3 is 16.2 Å². The van der Waals surface area contributed by atoms with E-state index < -0.39 is 0 Å². The molecule has 20 heavy (non-hydrogen) atoms. The number of ether oxygens (including phenoxy) is 1. The van der Waals surface area contributed by atoms with Crippen molar-refractivity contribution in [2.45, 2.75) is 23.5 Å². The van der Waals surface area contributed by atoms with Crippen LogP contribution in [-0.4, -0.2) is 22.9 Å². The topological polar surface area (TPSA) is 74.2 Å². The van der Waals surface area contributed by atoms with Crippen molar-refractivity contribution in [1.82, 2.24) is 4.98 Å². The van der Waals surface area contributed by atoms with Gasteiger partial charge in [0, 0.05) is 34.8 Å². The van der Waals surface area contributed by atoms with Crippen molar-refractivity contribution in [3.63, 3.8) is 0 Å². The first-order valence-corrected chi connectivity index (χ1v) is 7.55. The Balaban J connectivity index is 1.70. The molecular weight excluding hydrogens is 270 g/mol. The molecule has 0 aliphatic carbocycles. The molecule has 4 N–H and O–H groups in total. The van der Waals surface area contributed by atoms with Gasteiger partial charge in [-0.3, -0.25) is 4.98 Å². The third-order valence-electron chi connectivity index (χ3n) is 3.41. The van der Waals surface area contributed by atoms with Crippen molar-refractivity contribution in [3.05, 3.63) is 48.3 Å². The third kappa shape index (κ3) is 2.73. The van der Waals surface area contributed by atoms with Gasteiger partial charge in [-0.1, -0.05) is 12.1 Å². The highest BCUT2D eigenvalue weighted by atomic mass is 32.2. The second-order valence-electron chi connectivity index (χ2n) is 4.86. The smallest absolute Gasteiger partial charge is 0.133 e. The number of hydrogen-bond acceptors (Lipinski definition) is 5. The maximum atomic E-state index is 6.28. The Morgan fingerprint density at radius 1 is 1.35 bits per heavy atom. The summed E-state index contributed by atoms with van der Waals surface area (Å²) in [6, 6.07) is 9.76. The molecule has 104 valence electrons. The van der Waals surface area contributed by atoms with Crippen LogP contribution in [0.3, 0.4) is 0 Å². The first-order valence-electron chi connectivity index (χ1n) is 6.56. The van der Waals surface area contributed by atoms with Crippen LogP contribution in [0, 0.1) is 0 Å². The van der Waals surface area contributed by atoms with E-state index in [4.69, 9.17) is 16.2 Å². The van der Waals surface area contributed by atoms with Gasteiger partial charge in [-0.05, 0) is 30.2 Å². The number of benzene rings is 1. The minimum absolute atomic E-state index is 0.00509. The molecule has 2 unspecified atom stereocenters. The lowest BCUT2D eigenvalue weighted by molar-refractivity contribution is 0.184. The second kappa shape index (κ2) is 5.73. The van der Waals surface area contributed by atoms with Crippen molar-refractivity contribution in [2.75, 3.05) is 11.5 Å². The van der Waals surface area contributed by atoms with Crippen LogP contribution in [0.25, 0.3) is 0 Å². The molecule has 0 radical (unpaired) electrons. The first kappa shape index (κ1) is 13.3. The zero-order valence-corrected chi connectivity index (χ0v) is 11.8. The predicted molar refractivity (Wildman–Crippen MR) is 81.9 cm³/mol. The van der Waals surface area contributed by atoms with E-state index in [1.807, 2.05) is 18.2 Å². The van der Waals surface area contributed by atoms with Crippen LogP contribution < -0.4 is 16.2 Å². The number of fused-ring (bicyclic) bond motifs is 1. The lowest BCUT2D eigenvalue weighted by Gasteiger charge is -2.30. The number of thioether (sulfide) groups is 1. The third-order valence-corrected chi connectivity index (χ3v) is 4.55. The summed E-state index contributed by atoms with van der Waals surface area (Å²) in [6.07, 6.45) is 4.13. The molecule has 0 fully saturated rings. The van der Waals surface area contributed by atoms with Crippen LogP contribution in [0.15, 0.2) is 47.6 Å². The molecule has 1 aliphatic rings. The minimum atomic E-state index is -0.0950. The number of nitrogens with zero attached hydrogens (tertiary/aromatic N) is 1. The molecule has 3 rings (SSSR count). The van der Waals surface area contributed by atoms with Gasteiger partial charge in [0.05, 0.1) is 0 Å². The molecule has 5 heteroatoms. The maximum Gasteiger partial charge on any atom is 0.133 e. The van der Waals surface area contributed by atoms with Gasteiger partial charge in [-0.2, -0.15) is 0 Å². The Morgan fingerprint density at radius 2 is 2.20 bits per heavy atom. The SMILES string of the molecule is Nc1ccncc1CC(N)C1CSc2ccccc2O1. The van der Waals surface area contributed by atoms with Crippen LogP contribution >= 0.6 is 11.8 Å². The lowest BCUT2D eigenvalue weighted by atomic mass is 10.0. The summed E-state index contributed by atoms with van der Waals surface area (Å²) in [7, 11) is 0. The number of aromatic nitrogens is 1. The summed E-state index contributed by atoms with van der Waals surface area (Å²) in [5, 5.41) is 0. The van der Waals surface area contributed by atoms with Gasteiger partial charge in [0.1, 0.15) is 11.9 Å². The lowest BCUT2D eigenvalue weighted by Crippen LogP contribution is -2.43. The highest BCUT2D eigenvalue weighted by Gasteiger charge is 2.26. The fraction of sp³-hybridized carbons (Fsp3) is 0.267. The Labute approximate surface area is 122 Å². The molecule has 0 amide bonds. The van der Waals surface area contributed by atoms with E-state index in [2.05, 4.69) is 11.1 Å². The summed E-state index contributed by atoms with van der Waals surface area (Å²) in [5.74, 6) is 1.78. The largest absolute Gasteiger partial charge is 0.487 e. The van der Waals surface area contributed by atoms with Gasteiger partial charge in [-0.25, -0.2) is 0 Å². The van der Waals surface area contributed by atoms with Crippen LogP contribution in [0.2, 0.25) is 0 Å². The summed E-state index contributed by atoms with van der Waals surface area (Å²) >= 11 is 1.79. The highest BCUT2D eigenvalue weighted by molar-refractivity contribution is 7.99. The molecule has 2 aromatic rings. The molecule has 1 aromatic heterocycles. The number of nitrogens with two attached hydrogens (primary N) is 2. The van der Waals surface area contributed by atoms with E-state index in [0.717, 1.165) is 22.8 Å². The molecule has 2 heterocycles. The number of pyridine rings is 1. The van der Waals surface area contributed by atoms with Crippen molar-refractivity contribution in [1.29, 1.82) is 0 Å². The van der Waals surface area contributed by atoms with Crippen LogP contribution in [0.5, 0.6) is 5.75 Å². The summed E-state index contributed by atoms with van der Waals surface area (Å²) in [4.78, 5) is 5.28. The van der Waals surface area contributed by atoms with Crippen molar-refractivity contribution < 1.29 is 4.74 Å². The normalized spacial score (nSPS) is 18.9. The van der Waals surface area contributed by atoms with E-state index >= 15 is 0 Å². The van der Waals surface area contributed by atoms with Crippen LogP contribution in [-0.2, 0) is 6.42 Å². The Bertz CT molecular complexity index is 605. The van der Waals surface area contributed by atoms with Crippen LogP contribution in [0.4, 0.5) is 5.69 Å². The molecule has 1 aromatic carbocycles. The Hall–Kier alpha value is -1.72. The van der Waals surface area contributed by atoms with Gasteiger partial charge >= 0.3 is 0 Å². The number of nitrogen functional groups attached to an aromatic ring is 1. The summed E-state index contributed by atoms with van der Waals surface area (Å²) in [5.41, 5.74) is 13.9. The average molecular weight is 287 g/mol. The molecule has 0 saturated carbocycles. The molecule has 4 nitrogen and oxygen atoms in total. The van der Waals surface area contributed by atoms with E-state index in [9.17, 15) is 0 Å². The van der Waals surface area contributed by atoms with Gasteiger partial charge in [-0.15, -0.1) is 11.8 Å². The first-order chi connectivity index (χ1) is 9.74. The predicted octanol–water partition coefficient (Wildman–Crippen LogP) is 2.09.